The number of carbonyl (C=O) groups is 2. The van der Waals surface area contributed by atoms with Gasteiger partial charge in [0.1, 0.15) is 5.54 Å². The molecular formula is C13H24N2O4. The number of urea groups is 1. The zero-order chi connectivity index (χ0) is 14.6. The van der Waals surface area contributed by atoms with Crippen LogP contribution in [0.3, 0.4) is 0 Å². The van der Waals surface area contributed by atoms with Crippen LogP contribution in [0.2, 0.25) is 0 Å². The Hall–Kier alpha value is -1.14. The smallest absolute Gasteiger partial charge is 0.327 e. The fourth-order valence-electron chi connectivity index (χ4n) is 2.40. The molecule has 1 aliphatic rings. The Morgan fingerprint density at radius 2 is 1.74 bits per heavy atom. The summed E-state index contributed by atoms with van der Waals surface area (Å²) in [4.78, 5) is 27.1. The average Bonchev–Trinajstić information content (AvgIpc) is 2.53. The van der Waals surface area contributed by atoms with E-state index in [1.165, 1.54) is 4.90 Å². The van der Waals surface area contributed by atoms with Crippen molar-refractivity contribution < 1.29 is 19.8 Å². The van der Waals surface area contributed by atoms with Crippen molar-refractivity contribution in [3.05, 3.63) is 0 Å². The second-order valence-corrected chi connectivity index (χ2v) is 5.54. The lowest BCUT2D eigenvalue weighted by Gasteiger charge is -2.31. The highest BCUT2D eigenvalue weighted by Gasteiger charge is 2.53. The molecule has 0 spiro atoms. The first-order chi connectivity index (χ1) is 8.88. The summed E-state index contributed by atoms with van der Waals surface area (Å²) in [6, 6.07) is -0.417. The Morgan fingerprint density at radius 3 is 2.21 bits per heavy atom. The van der Waals surface area contributed by atoms with Gasteiger partial charge < -0.3 is 15.1 Å². The Labute approximate surface area is 114 Å². The van der Waals surface area contributed by atoms with Crippen LogP contribution in [0.4, 0.5) is 4.79 Å². The first-order valence-corrected chi connectivity index (χ1v) is 6.73. The summed E-state index contributed by atoms with van der Waals surface area (Å²) >= 11 is 0. The number of imide groups is 1. The van der Waals surface area contributed by atoms with Gasteiger partial charge in [-0.25, -0.2) is 4.79 Å². The number of rotatable bonds is 7. The van der Waals surface area contributed by atoms with E-state index in [1.54, 1.807) is 6.92 Å². The summed E-state index contributed by atoms with van der Waals surface area (Å²) in [5.74, 6) is 0.156. The Morgan fingerprint density at radius 1 is 1.16 bits per heavy atom. The van der Waals surface area contributed by atoms with Crippen molar-refractivity contribution in [2.75, 3.05) is 26.3 Å². The van der Waals surface area contributed by atoms with Gasteiger partial charge in [-0.05, 0) is 25.7 Å². The molecule has 1 atom stereocenters. The Kier molecular flexibility index (Phi) is 5.31. The van der Waals surface area contributed by atoms with Gasteiger partial charge in [0.25, 0.3) is 5.91 Å². The number of nitrogens with zero attached hydrogens (tertiary/aromatic N) is 2. The molecule has 1 fully saturated rings. The second kappa shape index (κ2) is 6.34. The maximum atomic E-state index is 12.4. The quantitative estimate of drug-likeness (QED) is 0.659. The summed E-state index contributed by atoms with van der Waals surface area (Å²) < 4.78 is 0. The zero-order valence-electron chi connectivity index (χ0n) is 11.9. The van der Waals surface area contributed by atoms with Crippen LogP contribution in [-0.4, -0.2) is 63.8 Å². The molecule has 0 saturated carbocycles. The summed E-state index contributed by atoms with van der Waals surface area (Å²) in [5, 5.41) is 18.0. The van der Waals surface area contributed by atoms with Crippen molar-refractivity contribution in [3.8, 4) is 0 Å². The lowest BCUT2D eigenvalue weighted by atomic mass is 9.90. The average molecular weight is 272 g/mol. The number of hydrogen-bond acceptors (Lipinski definition) is 4. The predicted octanol–water partition coefficient (Wildman–Crippen LogP) is 0.430. The number of β-amino-alcohol motifs (C(OH)–C–C–N with tert-alkyl or cyclic N) is 2. The van der Waals surface area contributed by atoms with E-state index in [-0.39, 0.29) is 32.2 Å². The molecule has 6 nitrogen and oxygen atoms in total. The van der Waals surface area contributed by atoms with Gasteiger partial charge in [0.05, 0.1) is 19.8 Å². The molecule has 1 saturated heterocycles. The number of aliphatic hydroxyl groups is 2. The van der Waals surface area contributed by atoms with E-state index < -0.39 is 11.6 Å². The maximum absolute atomic E-state index is 12.4. The van der Waals surface area contributed by atoms with Crippen molar-refractivity contribution in [2.45, 2.75) is 39.2 Å². The normalized spacial score (nSPS) is 23.9. The molecule has 0 aromatic heterocycles. The lowest BCUT2D eigenvalue weighted by molar-refractivity contribution is -0.133. The highest BCUT2D eigenvalue weighted by Crippen LogP contribution is 2.32. The molecule has 0 aliphatic carbocycles. The fraction of sp³-hybridized carbons (Fsp3) is 0.846. The monoisotopic (exact) mass is 272 g/mol. The molecule has 1 heterocycles. The Bertz CT molecular complexity index is 346. The van der Waals surface area contributed by atoms with Crippen molar-refractivity contribution in [3.63, 3.8) is 0 Å². The summed E-state index contributed by atoms with van der Waals surface area (Å²) in [7, 11) is 0. The molecule has 2 N–H and O–H groups in total. The van der Waals surface area contributed by atoms with E-state index in [0.717, 1.165) is 11.3 Å². The molecule has 110 valence electrons. The van der Waals surface area contributed by atoms with Gasteiger partial charge in [-0.2, -0.15) is 0 Å². The van der Waals surface area contributed by atoms with Crippen molar-refractivity contribution >= 4 is 11.9 Å². The molecule has 3 amide bonds. The van der Waals surface area contributed by atoms with Gasteiger partial charge in [0, 0.05) is 6.54 Å². The zero-order valence-corrected chi connectivity index (χ0v) is 11.9. The first kappa shape index (κ1) is 15.9. The summed E-state index contributed by atoms with van der Waals surface area (Å²) in [5.41, 5.74) is -0.904. The van der Waals surface area contributed by atoms with Crippen molar-refractivity contribution in [1.29, 1.82) is 0 Å². The van der Waals surface area contributed by atoms with Gasteiger partial charge in [-0.3, -0.25) is 9.69 Å². The predicted molar refractivity (Wildman–Crippen MR) is 70.5 cm³/mol. The van der Waals surface area contributed by atoms with Gasteiger partial charge in [0.15, 0.2) is 0 Å². The van der Waals surface area contributed by atoms with Crippen molar-refractivity contribution in [1.82, 2.24) is 9.80 Å². The van der Waals surface area contributed by atoms with Crippen LogP contribution in [0.1, 0.15) is 33.6 Å². The summed E-state index contributed by atoms with van der Waals surface area (Å²) in [6.45, 7) is 5.59. The summed E-state index contributed by atoms with van der Waals surface area (Å²) in [6.07, 6.45) is 1.39. The Balaban J connectivity index is 2.96. The molecule has 0 aromatic carbocycles. The largest absolute Gasteiger partial charge is 0.395 e. The minimum Gasteiger partial charge on any atom is -0.395 e. The molecular weight excluding hydrogens is 248 g/mol. The molecule has 1 unspecified atom stereocenters. The SMILES string of the molecule is CC(C)CCC1(C)C(=O)N(CCO)C(=O)N1CCO. The van der Waals surface area contributed by atoms with Crippen LogP contribution in [0.5, 0.6) is 0 Å². The molecule has 1 aliphatic heterocycles. The molecule has 0 aromatic rings. The third-order valence-corrected chi connectivity index (χ3v) is 3.62. The topological polar surface area (TPSA) is 81.1 Å². The van der Waals surface area contributed by atoms with E-state index in [4.69, 9.17) is 10.2 Å². The van der Waals surface area contributed by atoms with Crippen LogP contribution in [0.15, 0.2) is 0 Å². The third kappa shape index (κ3) is 3.06. The van der Waals surface area contributed by atoms with Crippen LogP contribution in [0.25, 0.3) is 0 Å². The standard InChI is InChI=1S/C13H24N2O4/c1-10(2)4-5-13(3)11(18)14(6-8-16)12(19)15(13)7-9-17/h10,16-17H,4-9H2,1-3H3. The van der Waals surface area contributed by atoms with E-state index in [2.05, 4.69) is 13.8 Å². The highest BCUT2D eigenvalue weighted by molar-refractivity contribution is 6.06. The van der Waals surface area contributed by atoms with E-state index in [0.29, 0.717) is 12.3 Å². The third-order valence-electron chi connectivity index (χ3n) is 3.62. The van der Waals surface area contributed by atoms with Crippen LogP contribution < -0.4 is 0 Å². The minimum absolute atomic E-state index is 0.0108. The molecule has 0 radical (unpaired) electrons. The van der Waals surface area contributed by atoms with E-state index in [1.807, 2.05) is 0 Å². The van der Waals surface area contributed by atoms with Gasteiger partial charge >= 0.3 is 6.03 Å². The first-order valence-electron chi connectivity index (χ1n) is 6.73. The highest BCUT2D eigenvalue weighted by atomic mass is 16.3. The van der Waals surface area contributed by atoms with Gasteiger partial charge in [-0.1, -0.05) is 13.8 Å². The maximum Gasteiger partial charge on any atom is 0.327 e. The number of carbonyl (C=O) groups excluding carboxylic acids is 2. The number of hydrogen-bond donors (Lipinski definition) is 2. The molecule has 1 rings (SSSR count). The minimum atomic E-state index is -0.904. The molecule has 19 heavy (non-hydrogen) atoms. The second-order valence-electron chi connectivity index (χ2n) is 5.54. The molecule has 0 bridgehead atoms. The van der Waals surface area contributed by atoms with Gasteiger partial charge in [-0.15, -0.1) is 0 Å². The van der Waals surface area contributed by atoms with Gasteiger partial charge in [0.2, 0.25) is 0 Å². The fourth-order valence-corrected chi connectivity index (χ4v) is 2.40. The van der Waals surface area contributed by atoms with Crippen LogP contribution in [-0.2, 0) is 4.79 Å². The van der Waals surface area contributed by atoms with Crippen LogP contribution >= 0.6 is 0 Å². The molecule has 6 heteroatoms. The van der Waals surface area contributed by atoms with E-state index >= 15 is 0 Å². The van der Waals surface area contributed by atoms with Crippen molar-refractivity contribution in [2.24, 2.45) is 5.92 Å². The van der Waals surface area contributed by atoms with Crippen LogP contribution in [0, 0.1) is 5.92 Å². The number of amides is 3. The number of aliphatic hydroxyl groups excluding tert-OH is 2. The lowest BCUT2D eigenvalue weighted by Crippen LogP contribution is -2.48. The van der Waals surface area contributed by atoms with E-state index in [9.17, 15) is 9.59 Å².